The van der Waals surface area contributed by atoms with Crippen LogP contribution >= 0.6 is 0 Å². The first kappa shape index (κ1) is 25.3. The number of fused-ring (bicyclic) bond motifs is 1. The van der Waals surface area contributed by atoms with Crippen molar-refractivity contribution in [1.29, 1.82) is 0 Å². The summed E-state index contributed by atoms with van der Waals surface area (Å²) in [7, 11) is 0. The van der Waals surface area contributed by atoms with Gasteiger partial charge in [-0.1, -0.05) is 36.4 Å². The molecule has 0 unspecified atom stereocenters. The fraction of sp³-hybridized carbons (Fsp3) is 0.226. The largest absolute Gasteiger partial charge is 0.488 e. The highest BCUT2D eigenvalue weighted by atomic mass is 16.5. The number of benzene rings is 3. The van der Waals surface area contributed by atoms with Crippen molar-refractivity contribution in [3.05, 3.63) is 96.0 Å². The van der Waals surface area contributed by atoms with Gasteiger partial charge in [0, 0.05) is 46.9 Å². The molecule has 0 spiro atoms. The highest BCUT2D eigenvalue weighted by molar-refractivity contribution is 5.98. The second kappa shape index (κ2) is 11.4. The zero-order valence-electron chi connectivity index (χ0n) is 21.6. The van der Waals surface area contributed by atoms with Crippen LogP contribution in [0.4, 0.5) is 0 Å². The van der Waals surface area contributed by atoms with Crippen molar-refractivity contribution in [2.75, 3.05) is 6.61 Å². The molecule has 5 aromatic rings. The highest BCUT2D eigenvalue weighted by Gasteiger charge is 2.17. The van der Waals surface area contributed by atoms with Crippen LogP contribution in [0.2, 0.25) is 0 Å². The van der Waals surface area contributed by atoms with E-state index in [0.29, 0.717) is 18.9 Å². The summed E-state index contributed by atoms with van der Waals surface area (Å²) in [6.45, 7) is 5.74. The van der Waals surface area contributed by atoms with Crippen LogP contribution in [-0.2, 0) is 35.6 Å². The SMILES string of the molecule is CCOC(=O)Cc1ccccc1OCc1coc2c(-c3cnn(CC)c3)cc(-c3cccc(CN)c3)cc12. The third-order valence-corrected chi connectivity index (χ3v) is 6.51. The second-order valence-corrected chi connectivity index (χ2v) is 9.03. The zero-order chi connectivity index (χ0) is 26.5. The number of aryl methyl sites for hydroxylation is 1. The summed E-state index contributed by atoms with van der Waals surface area (Å²) < 4.78 is 19.4. The summed E-state index contributed by atoms with van der Waals surface area (Å²) in [4.78, 5) is 12.1. The molecule has 0 aliphatic rings. The molecule has 3 aromatic carbocycles. The number of carbonyl (C=O) groups excluding carboxylic acids is 1. The number of para-hydroxylation sites is 1. The first-order chi connectivity index (χ1) is 18.6. The van der Waals surface area contributed by atoms with Gasteiger partial charge in [0.2, 0.25) is 0 Å². The van der Waals surface area contributed by atoms with Crippen LogP contribution in [0.5, 0.6) is 5.75 Å². The lowest BCUT2D eigenvalue weighted by atomic mass is 9.96. The van der Waals surface area contributed by atoms with E-state index in [4.69, 9.17) is 19.6 Å². The van der Waals surface area contributed by atoms with Gasteiger partial charge >= 0.3 is 5.97 Å². The Bertz CT molecular complexity index is 1570. The van der Waals surface area contributed by atoms with Gasteiger partial charge in [0.15, 0.2) is 0 Å². The summed E-state index contributed by atoms with van der Waals surface area (Å²) >= 11 is 0. The molecule has 7 heteroatoms. The van der Waals surface area contributed by atoms with E-state index in [0.717, 1.165) is 56.5 Å². The van der Waals surface area contributed by atoms with Crippen LogP contribution in [0.3, 0.4) is 0 Å². The predicted molar refractivity (Wildman–Crippen MR) is 148 cm³/mol. The number of aromatic nitrogens is 2. The van der Waals surface area contributed by atoms with Gasteiger partial charge in [0.05, 0.1) is 25.5 Å². The number of nitrogens with two attached hydrogens (primary N) is 1. The minimum absolute atomic E-state index is 0.156. The third kappa shape index (κ3) is 5.33. The van der Waals surface area contributed by atoms with Crippen LogP contribution in [0.1, 0.15) is 30.5 Å². The number of esters is 1. The van der Waals surface area contributed by atoms with Gasteiger partial charge in [-0.2, -0.15) is 5.10 Å². The van der Waals surface area contributed by atoms with E-state index >= 15 is 0 Å². The number of furan rings is 1. The first-order valence-corrected chi connectivity index (χ1v) is 12.8. The molecule has 7 nitrogen and oxygen atoms in total. The van der Waals surface area contributed by atoms with E-state index in [9.17, 15) is 4.79 Å². The Hall–Kier alpha value is -4.36. The molecule has 5 rings (SSSR count). The molecule has 2 N–H and O–H groups in total. The van der Waals surface area contributed by atoms with E-state index in [2.05, 4.69) is 36.3 Å². The zero-order valence-corrected chi connectivity index (χ0v) is 21.6. The number of hydrogen-bond acceptors (Lipinski definition) is 6. The fourth-order valence-corrected chi connectivity index (χ4v) is 4.55. The Morgan fingerprint density at radius 2 is 1.87 bits per heavy atom. The molecule has 194 valence electrons. The molecule has 0 amide bonds. The molecular weight excluding hydrogens is 478 g/mol. The second-order valence-electron chi connectivity index (χ2n) is 9.03. The minimum atomic E-state index is -0.279. The highest BCUT2D eigenvalue weighted by Crippen LogP contribution is 2.37. The topological polar surface area (TPSA) is 92.5 Å². The molecule has 0 atom stereocenters. The molecule has 0 saturated heterocycles. The van der Waals surface area contributed by atoms with Gasteiger partial charge < -0.3 is 19.6 Å². The van der Waals surface area contributed by atoms with E-state index in [1.165, 1.54) is 0 Å². The summed E-state index contributed by atoms with van der Waals surface area (Å²) in [6.07, 6.45) is 5.79. The number of rotatable bonds is 10. The Balaban J connectivity index is 1.53. The molecule has 0 fully saturated rings. The molecule has 0 aliphatic carbocycles. The molecule has 0 saturated carbocycles. The summed E-state index contributed by atoms with van der Waals surface area (Å²) in [5.41, 5.74) is 13.5. The number of nitrogens with zero attached hydrogens (tertiary/aromatic N) is 2. The van der Waals surface area contributed by atoms with Crippen LogP contribution in [0.25, 0.3) is 33.2 Å². The van der Waals surface area contributed by atoms with Gasteiger partial charge in [-0.15, -0.1) is 0 Å². The summed E-state index contributed by atoms with van der Waals surface area (Å²) in [5.74, 6) is 0.366. The van der Waals surface area contributed by atoms with Crippen molar-refractivity contribution in [3.63, 3.8) is 0 Å². The standard InChI is InChI=1S/C31H31N3O4/c1-3-34-18-25(17-33-34)27-13-24(22-10-7-8-21(12-22)16-32)14-28-26(20-38-31(27)28)19-37-29-11-6-5-9-23(29)15-30(35)36-4-2/h5-14,17-18,20H,3-4,15-16,19,32H2,1-2H3. The third-order valence-electron chi connectivity index (χ3n) is 6.51. The molecule has 2 heterocycles. The quantitative estimate of drug-likeness (QED) is 0.228. The van der Waals surface area contributed by atoms with E-state index in [1.807, 2.05) is 53.5 Å². The van der Waals surface area contributed by atoms with Crippen molar-refractivity contribution in [2.45, 2.75) is 40.0 Å². The lowest BCUT2D eigenvalue weighted by Crippen LogP contribution is -2.09. The maximum atomic E-state index is 12.1. The average molecular weight is 510 g/mol. The Kier molecular flexibility index (Phi) is 7.56. The normalized spacial score (nSPS) is 11.1. The summed E-state index contributed by atoms with van der Waals surface area (Å²) in [5, 5.41) is 5.43. The van der Waals surface area contributed by atoms with Gasteiger partial charge in [0.25, 0.3) is 0 Å². The van der Waals surface area contributed by atoms with Crippen LogP contribution in [-0.4, -0.2) is 22.4 Å². The lowest BCUT2D eigenvalue weighted by Gasteiger charge is -2.11. The molecule has 0 bridgehead atoms. The minimum Gasteiger partial charge on any atom is -0.488 e. The van der Waals surface area contributed by atoms with Crippen molar-refractivity contribution < 1.29 is 18.7 Å². The molecule has 0 radical (unpaired) electrons. The monoisotopic (exact) mass is 509 g/mol. The predicted octanol–water partition coefficient (Wildman–Crippen LogP) is 6.13. The van der Waals surface area contributed by atoms with Crippen LogP contribution in [0.15, 0.2) is 83.7 Å². The number of ether oxygens (including phenoxy) is 2. The molecule has 2 aromatic heterocycles. The van der Waals surface area contributed by atoms with Crippen molar-refractivity contribution in [3.8, 4) is 28.0 Å². The number of carbonyl (C=O) groups is 1. The van der Waals surface area contributed by atoms with Crippen molar-refractivity contribution in [2.24, 2.45) is 5.73 Å². The molecule has 38 heavy (non-hydrogen) atoms. The van der Waals surface area contributed by atoms with Gasteiger partial charge in [-0.25, -0.2) is 0 Å². The Morgan fingerprint density at radius 1 is 1.00 bits per heavy atom. The Labute approximate surface area is 221 Å². The van der Waals surface area contributed by atoms with Crippen molar-refractivity contribution >= 4 is 16.9 Å². The first-order valence-electron chi connectivity index (χ1n) is 12.8. The lowest BCUT2D eigenvalue weighted by molar-refractivity contribution is -0.142. The van der Waals surface area contributed by atoms with Gasteiger partial charge in [-0.05, 0) is 54.8 Å². The molecular formula is C31H31N3O4. The number of hydrogen-bond donors (Lipinski definition) is 1. The molecule has 0 aliphatic heterocycles. The summed E-state index contributed by atoms with van der Waals surface area (Å²) in [6, 6.07) is 20.0. The fourth-order valence-electron chi connectivity index (χ4n) is 4.55. The maximum absolute atomic E-state index is 12.1. The maximum Gasteiger partial charge on any atom is 0.310 e. The van der Waals surface area contributed by atoms with E-state index in [-0.39, 0.29) is 19.0 Å². The van der Waals surface area contributed by atoms with E-state index in [1.54, 1.807) is 13.2 Å². The van der Waals surface area contributed by atoms with Crippen LogP contribution < -0.4 is 10.5 Å². The Morgan fingerprint density at radius 3 is 2.66 bits per heavy atom. The van der Waals surface area contributed by atoms with Gasteiger partial charge in [0.1, 0.15) is 17.9 Å². The van der Waals surface area contributed by atoms with Gasteiger partial charge in [-0.3, -0.25) is 9.48 Å². The van der Waals surface area contributed by atoms with Crippen LogP contribution in [0, 0.1) is 0 Å². The average Bonchev–Trinajstić information content (AvgIpc) is 3.59. The van der Waals surface area contributed by atoms with E-state index < -0.39 is 0 Å². The smallest absolute Gasteiger partial charge is 0.310 e. The van der Waals surface area contributed by atoms with Crippen molar-refractivity contribution in [1.82, 2.24) is 9.78 Å².